The van der Waals surface area contributed by atoms with E-state index in [0.29, 0.717) is 45.6 Å². The predicted molar refractivity (Wildman–Crippen MR) is 115 cm³/mol. The monoisotopic (exact) mass is 415 g/mol. The van der Waals surface area contributed by atoms with Crippen molar-refractivity contribution in [3.63, 3.8) is 0 Å². The zero-order valence-corrected chi connectivity index (χ0v) is 17.8. The molecule has 2 aromatic heterocycles. The topological polar surface area (TPSA) is 93.3 Å². The van der Waals surface area contributed by atoms with Crippen LogP contribution in [0.1, 0.15) is 46.4 Å². The Morgan fingerprint density at radius 2 is 2.10 bits per heavy atom. The summed E-state index contributed by atoms with van der Waals surface area (Å²) in [6.07, 6.45) is 0. The zero-order valence-electron chi connectivity index (χ0n) is 17.0. The van der Waals surface area contributed by atoms with Gasteiger partial charge in [-0.1, -0.05) is 26.0 Å². The Labute approximate surface area is 173 Å². The Morgan fingerprint density at radius 1 is 1.31 bits per heavy atom. The number of aromatic amines is 1. The summed E-state index contributed by atoms with van der Waals surface area (Å²) < 4.78 is 10.1. The van der Waals surface area contributed by atoms with Gasteiger partial charge in [-0.05, 0) is 36.1 Å². The summed E-state index contributed by atoms with van der Waals surface area (Å²) in [5.41, 5.74) is 2.53. The molecule has 0 bridgehead atoms. The summed E-state index contributed by atoms with van der Waals surface area (Å²) in [4.78, 5) is 33.1. The molecule has 0 amide bonds. The number of esters is 1. The number of methoxy groups -OCH3 is 1. The first-order chi connectivity index (χ1) is 13.9. The molecule has 2 heterocycles. The molecule has 0 fully saturated rings. The molecule has 1 aromatic carbocycles. The fraction of sp³-hybridized carbons (Fsp3) is 0.381. The first-order valence-electron chi connectivity index (χ1n) is 9.43. The molecular weight excluding hydrogens is 390 g/mol. The number of H-pyrrole nitrogens is 1. The highest BCUT2D eigenvalue weighted by Gasteiger charge is 2.20. The summed E-state index contributed by atoms with van der Waals surface area (Å²) in [7, 11) is 1.54. The van der Waals surface area contributed by atoms with Crippen LogP contribution in [0.25, 0.3) is 10.2 Å². The number of carbonyl (C=O) groups is 1. The minimum Gasteiger partial charge on any atom is -0.459 e. The fourth-order valence-electron chi connectivity index (χ4n) is 2.94. The molecule has 2 N–H and O–H groups in total. The lowest BCUT2D eigenvalue weighted by molar-refractivity contribution is 0.0393. The molecule has 0 saturated carbocycles. The number of aryl methyl sites for hydroxylation is 1. The lowest BCUT2D eigenvalue weighted by Crippen LogP contribution is -2.14. The van der Waals surface area contributed by atoms with Gasteiger partial charge in [-0.2, -0.15) is 0 Å². The van der Waals surface area contributed by atoms with Crippen molar-refractivity contribution in [1.82, 2.24) is 9.97 Å². The normalized spacial score (nSPS) is 11.2. The lowest BCUT2D eigenvalue weighted by atomic mass is 10.0. The Kier molecular flexibility index (Phi) is 6.66. The van der Waals surface area contributed by atoms with Crippen molar-refractivity contribution in [2.75, 3.05) is 25.6 Å². The molecule has 0 aliphatic heterocycles. The Balaban J connectivity index is 1.81. The maximum atomic E-state index is 12.6. The molecule has 0 aliphatic carbocycles. The van der Waals surface area contributed by atoms with Crippen molar-refractivity contribution in [2.45, 2.75) is 33.2 Å². The SMILES string of the molecule is COCCOC(=O)c1sc2nc(CNc3cccc(C(C)C)c3)[nH]c(=O)c2c1C. The van der Waals surface area contributed by atoms with Crippen LogP contribution in [0.15, 0.2) is 29.1 Å². The van der Waals surface area contributed by atoms with Gasteiger partial charge >= 0.3 is 5.97 Å². The van der Waals surface area contributed by atoms with E-state index in [9.17, 15) is 9.59 Å². The van der Waals surface area contributed by atoms with E-state index in [0.717, 1.165) is 5.69 Å². The minimum atomic E-state index is -0.466. The minimum absolute atomic E-state index is 0.164. The number of fused-ring (bicyclic) bond motifs is 1. The van der Waals surface area contributed by atoms with Crippen LogP contribution in [-0.4, -0.2) is 36.3 Å². The van der Waals surface area contributed by atoms with E-state index in [1.165, 1.54) is 24.0 Å². The number of hydrogen-bond acceptors (Lipinski definition) is 7. The van der Waals surface area contributed by atoms with Crippen molar-refractivity contribution < 1.29 is 14.3 Å². The van der Waals surface area contributed by atoms with Gasteiger partial charge < -0.3 is 19.8 Å². The number of anilines is 1. The van der Waals surface area contributed by atoms with Gasteiger partial charge in [-0.15, -0.1) is 11.3 Å². The number of carbonyl (C=O) groups excluding carboxylic acids is 1. The standard InChI is InChI=1S/C21H25N3O4S/c1-12(2)14-6-5-7-15(10-14)22-11-16-23-19(25)17-13(3)18(29-20(17)24-16)21(26)28-9-8-27-4/h5-7,10,12,22H,8-9,11H2,1-4H3,(H,23,24,25). The quantitative estimate of drug-likeness (QED) is 0.429. The van der Waals surface area contributed by atoms with E-state index in [4.69, 9.17) is 9.47 Å². The summed E-state index contributed by atoms with van der Waals surface area (Å²) in [6.45, 7) is 6.88. The average Bonchev–Trinajstić information content (AvgIpc) is 3.03. The zero-order chi connectivity index (χ0) is 21.0. The molecule has 7 nitrogen and oxygen atoms in total. The van der Waals surface area contributed by atoms with Gasteiger partial charge in [0.2, 0.25) is 0 Å². The number of hydrogen-bond donors (Lipinski definition) is 2. The van der Waals surface area contributed by atoms with E-state index in [1.807, 2.05) is 12.1 Å². The van der Waals surface area contributed by atoms with E-state index < -0.39 is 5.97 Å². The van der Waals surface area contributed by atoms with Gasteiger partial charge in [-0.25, -0.2) is 9.78 Å². The second kappa shape index (κ2) is 9.19. The fourth-order valence-corrected chi connectivity index (χ4v) is 4.04. The highest BCUT2D eigenvalue weighted by Crippen LogP contribution is 2.27. The van der Waals surface area contributed by atoms with Crippen molar-refractivity contribution in [1.29, 1.82) is 0 Å². The molecule has 29 heavy (non-hydrogen) atoms. The maximum absolute atomic E-state index is 12.6. The van der Waals surface area contributed by atoms with Gasteiger partial charge in [0.05, 0.1) is 18.5 Å². The molecule has 0 spiro atoms. The number of benzene rings is 1. The smallest absolute Gasteiger partial charge is 0.348 e. The molecule has 8 heteroatoms. The lowest BCUT2D eigenvalue weighted by Gasteiger charge is -2.10. The maximum Gasteiger partial charge on any atom is 0.348 e. The number of ether oxygens (including phenoxy) is 2. The van der Waals surface area contributed by atoms with Crippen molar-refractivity contribution in [2.24, 2.45) is 0 Å². The van der Waals surface area contributed by atoms with Gasteiger partial charge in [-0.3, -0.25) is 4.79 Å². The summed E-state index contributed by atoms with van der Waals surface area (Å²) in [5, 5.41) is 3.72. The number of nitrogens with one attached hydrogen (secondary N) is 2. The third-order valence-electron chi connectivity index (χ3n) is 4.57. The van der Waals surface area contributed by atoms with Gasteiger partial charge in [0, 0.05) is 12.8 Å². The molecule has 0 atom stereocenters. The van der Waals surface area contributed by atoms with E-state index in [2.05, 4.69) is 41.3 Å². The van der Waals surface area contributed by atoms with Crippen LogP contribution in [0.2, 0.25) is 0 Å². The molecular formula is C21H25N3O4S. The van der Waals surface area contributed by atoms with Crippen LogP contribution in [0.3, 0.4) is 0 Å². The average molecular weight is 416 g/mol. The largest absolute Gasteiger partial charge is 0.459 e. The van der Waals surface area contributed by atoms with Crippen LogP contribution >= 0.6 is 11.3 Å². The van der Waals surface area contributed by atoms with Crippen LogP contribution in [-0.2, 0) is 16.0 Å². The molecule has 0 radical (unpaired) electrons. The second-order valence-electron chi connectivity index (χ2n) is 7.01. The third-order valence-corrected chi connectivity index (χ3v) is 5.73. The van der Waals surface area contributed by atoms with Crippen LogP contribution in [0.4, 0.5) is 5.69 Å². The van der Waals surface area contributed by atoms with Crippen LogP contribution < -0.4 is 10.9 Å². The van der Waals surface area contributed by atoms with Crippen molar-refractivity contribution in [3.8, 4) is 0 Å². The predicted octanol–water partition coefficient (Wildman–Crippen LogP) is 3.83. The van der Waals surface area contributed by atoms with Crippen molar-refractivity contribution >= 4 is 33.2 Å². The Bertz CT molecular complexity index is 1070. The third kappa shape index (κ3) is 4.83. The molecule has 3 aromatic rings. The highest BCUT2D eigenvalue weighted by molar-refractivity contribution is 7.20. The highest BCUT2D eigenvalue weighted by atomic mass is 32.1. The summed E-state index contributed by atoms with van der Waals surface area (Å²) in [5.74, 6) is 0.479. The first kappa shape index (κ1) is 21.0. The number of aromatic nitrogens is 2. The van der Waals surface area contributed by atoms with E-state index in [-0.39, 0.29) is 12.2 Å². The first-order valence-corrected chi connectivity index (χ1v) is 10.2. The Morgan fingerprint density at radius 3 is 2.83 bits per heavy atom. The summed E-state index contributed by atoms with van der Waals surface area (Å²) >= 11 is 1.17. The van der Waals surface area contributed by atoms with Crippen LogP contribution in [0.5, 0.6) is 0 Å². The van der Waals surface area contributed by atoms with Gasteiger partial charge in [0.15, 0.2) is 0 Å². The number of thiophene rings is 1. The van der Waals surface area contributed by atoms with Crippen LogP contribution in [0, 0.1) is 6.92 Å². The van der Waals surface area contributed by atoms with E-state index in [1.54, 1.807) is 6.92 Å². The molecule has 0 saturated heterocycles. The molecule has 0 unspecified atom stereocenters. The number of rotatable bonds is 8. The number of nitrogens with zero attached hydrogens (tertiary/aromatic N) is 1. The molecule has 0 aliphatic rings. The molecule has 154 valence electrons. The van der Waals surface area contributed by atoms with Gasteiger partial charge in [0.1, 0.15) is 22.1 Å². The second-order valence-corrected chi connectivity index (χ2v) is 8.01. The van der Waals surface area contributed by atoms with E-state index >= 15 is 0 Å². The Hall–Kier alpha value is -2.71. The summed E-state index contributed by atoms with van der Waals surface area (Å²) in [6, 6.07) is 8.15. The van der Waals surface area contributed by atoms with Gasteiger partial charge in [0.25, 0.3) is 5.56 Å². The van der Waals surface area contributed by atoms with Crippen molar-refractivity contribution in [3.05, 3.63) is 56.4 Å². The molecule has 3 rings (SSSR count).